The number of hydrogen-bond acceptors (Lipinski definition) is 4. The van der Waals surface area contributed by atoms with Crippen molar-refractivity contribution in [1.82, 2.24) is 14.5 Å². The van der Waals surface area contributed by atoms with Crippen LogP contribution in [0.4, 0.5) is 0 Å². The highest BCUT2D eigenvalue weighted by atomic mass is 32.1. The minimum atomic E-state index is -0.920. The van der Waals surface area contributed by atoms with Gasteiger partial charge < -0.3 is 14.6 Å². The van der Waals surface area contributed by atoms with Crippen LogP contribution < -0.4 is 0 Å². The van der Waals surface area contributed by atoms with Crippen LogP contribution in [0.3, 0.4) is 0 Å². The maximum absolute atomic E-state index is 12.7. The van der Waals surface area contributed by atoms with Crippen molar-refractivity contribution in [3.63, 3.8) is 0 Å². The molecular formula is C16H19N3O2S. The first-order valence-electron chi connectivity index (χ1n) is 7.65. The second-order valence-corrected chi connectivity index (χ2v) is 7.32. The third-order valence-electron chi connectivity index (χ3n) is 4.97. The van der Waals surface area contributed by atoms with Crippen LogP contribution in [0, 0.1) is 0 Å². The zero-order valence-corrected chi connectivity index (χ0v) is 13.3. The smallest absolute Gasteiger partial charge is 0.264 e. The molecule has 22 heavy (non-hydrogen) atoms. The van der Waals surface area contributed by atoms with E-state index in [1.54, 1.807) is 6.20 Å². The summed E-state index contributed by atoms with van der Waals surface area (Å²) in [7, 11) is 1.91. The van der Waals surface area contributed by atoms with Crippen molar-refractivity contribution in [1.29, 1.82) is 0 Å². The first-order valence-corrected chi connectivity index (χ1v) is 8.53. The average Bonchev–Trinajstić information content (AvgIpc) is 3.19. The number of aliphatic hydroxyl groups is 1. The Balaban J connectivity index is 1.62. The van der Waals surface area contributed by atoms with Gasteiger partial charge in [-0.25, -0.2) is 4.98 Å². The Morgan fingerprint density at radius 1 is 1.41 bits per heavy atom. The van der Waals surface area contributed by atoms with Crippen molar-refractivity contribution in [3.05, 3.63) is 40.6 Å². The number of carbonyl (C=O) groups excluding carboxylic acids is 1. The number of thiophene rings is 1. The molecule has 3 atom stereocenters. The molecule has 0 saturated carbocycles. The summed E-state index contributed by atoms with van der Waals surface area (Å²) in [6.45, 7) is 0. The first-order chi connectivity index (χ1) is 10.6. The number of aryl methyl sites for hydroxylation is 1. The second-order valence-electron chi connectivity index (χ2n) is 6.38. The van der Waals surface area contributed by atoms with Crippen LogP contribution in [0.5, 0.6) is 0 Å². The molecule has 1 unspecified atom stereocenters. The standard InChI is InChI=1S/C16H19N3O2S/c1-18-7-6-17-15(18)16(21)9-11-4-5-12(10-16)19(11)14(20)13-3-2-8-22-13/h2-3,6-8,11-12,21H,4-5,9-10H2,1H3/t11-,12+,16?. The van der Waals surface area contributed by atoms with Gasteiger partial charge in [-0.05, 0) is 24.3 Å². The van der Waals surface area contributed by atoms with Crippen molar-refractivity contribution in [2.75, 3.05) is 0 Å². The highest BCUT2D eigenvalue weighted by molar-refractivity contribution is 7.12. The van der Waals surface area contributed by atoms with E-state index < -0.39 is 5.60 Å². The number of amides is 1. The topological polar surface area (TPSA) is 58.4 Å². The van der Waals surface area contributed by atoms with E-state index in [0.29, 0.717) is 18.7 Å². The molecule has 116 valence electrons. The van der Waals surface area contributed by atoms with Gasteiger partial charge >= 0.3 is 0 Å². The second kappa shape index (κ2) is 4.93. The normalized spacial score (nSPS) is 30.7. The highest BCUT2D eigenvalue weighted by Crippen LogP contribution is 2.45. The van der Waals surface area contributed by atoms with E-state index >= 15 is 0 Å². The van der Waals surface area contributed by atoms with Gasteiger partial charge in [-0.15, -0.1) is 11.3 Å². The molecule has 6 heteroatoms. The number of rotatable bonds is 2. The molecule has 2 fully saturated rings. The summed E-state index contributed by atoms with van der Waals surface area (Å²) in [5.74, 6) is 0.831. The first kappa shape index (κ1) is 14.0. The summed E-state index contributed by atoms with van der Waals surface area (Å²) >= 11 is 1.49. The molecule has 2 aromatic rings. The van der Waals surface area contributed by atoms with E-state index in [-0.39, 0.29) is 18.0 Å². The number of carbonyl (C=O) groups is 1. The molecule has 2 bridgehead atoms. The van der Waals surface area contributed by atoms with Gasteiger partial charge in [-0.3, -0.25) is 4.79 Å². The molecule has 0 aromatic carbocycles. The fourth-order valence-electron chi connectivity index (χ4n) is 4.08. The van der Waals surface area contributed by atoms with E-state index in [1.165, 1.54) is 11.3 Å². The lowest BCUT2D eigenvalue weighted by atomic mass is 9.85. The van der Waals surface area contributed by atoms with Gasteiger partial charge in [0, 0.05) is 44.4 Å². The van der Waals surface area contributed by atoms with Crippen LogP contribution in [0.2, 0.25) is 0 Å². The largest absolute Gasteiger partial charge is 0.382 e. The molecular weight excluding hydrogens is 298 g/mol. The van der Waals surface area contributed by atoms with Gasteiger partial charge in [0.1, 0.15) is 11.4 Å². The van der Waals surface area contributed by atoms with Crippen LogP contribution in [-0.2, 0) is 12.6 Å². The maximum Gasteiger partial charge on any atom is 0.264 e. The molecule has 0 radical (unpaired) electrons. The summed E-state index contributed by atoms with van der Waals surface area (Å²) in [4.78, 5) is 19.9. The lowest BCUT2D eigenvalue weighted by Crippen LogP contribution is -2.52. The molecule has 2 saturated heterocycles. The minimum absolute atomic E-state index is 0.107. The summed E-state index contributed by atoms with van der Waals surface area (Å²) < 4.78 is 1.89. The number of hydrogen-bond donors (Lipinski definition) is 1. The molecule has 4 heterocycles. The van der Waals surface area contributed by atoms with E-state index in [2.05, 4.69) is 4.98 Å². The average molecular weight is 317 g/mol. The van der Waals surface area contributed by atoms with Gasteiger partial charge in [0.25, 0.3) is 5.91 Å². The number of piperidine rings is 1. The Morgan fingerprint density at radius 3 is 2.68 bits per heavy atom. The van der Waals surface area contributed by atoms with Crippen LogP contribution >= 0.6 is 11.3 Å². The van der Waals surface area contributed by atoms with E-state index in [9.17, 15) is 9.90 Å². The van der Waals surface area contributed by atoms with Crippen LogP contribution in [-0.4, -0.2) is 37.5 Å². The van der Waals surface area contributed by atoms with Crippen molar-refractivity contribution in [2.45, 2.75) is 43.4 Å². The van der Waals surface area contributed by atoms with Crippen molar-refractivity contribution < 1.29 is 9.90 Å². The Labute approximate surface area is 133 Å². The molecule has 1 N–H and O–H groups in total. The van der Waals surface area contributed by atoms with Crippen LogP contribution in [0.1, 0.15) is 41.2 Å². The van der Waals surface area contributed by atoms with Gasteiger partial charge in [-0.2, -0.15) is 0 Å². The Kier molecular flexibility index (Phi) is 3.13. The SMILES string of the molecule is Cn1ccnc1C1(O)C[C@H]2CC[C@@H](C1)N2C(=O)c1cccs1. The number of nitrogens with zero attached hydrogens (tertiary/aromatic N) is 3. The van der Waals surface area contributed by atoms with Gasteiger partial charge in [-0.1, -0.05) is 6.07 Å². The Morgan fingerprint density at radius 2 is 2.14 bits per heavy atom. The zero-order chi connectivity index (χ0) is 15.3. The van der Waals surface area contributed by atoms with Gasteiger partial charge in [0.05, 0.1) is 4.88 Å². The molecule has 0 aliphatic carbocycles. The zero-order valence-electron chi connectivity index (χ0n) is 12.5. The third kappa shape index (κ3) is 2.01. The van der Waals surface area contributed by atoms with E-state index in [1.807, 2.05) is 40.2 Å². The van der Waals surface area contributed by atoms with Crippen molar-refractivity contribution in [2.24, 2.45) is 7.05 Å². The monoisotopic (exact) mass is 317 g/mol. The molecule has 0 spiro atoms. The molecule has 2 aliphatic heterocycles. The molecule has 1 amide bonds. The Bertz CT molecular complexity index is 680. The molecule has 2 aromatic heterocycles. The van der Waals surface area contributed by atoms with E-state index in [4.69, 9.17) is 0 Å². The number of fused-ring (bicyclic) bond motifs is 2. The molecule has 2 aliphatic rings. The lowest BCUT2D eigenvalue weighted by Gasteiger charge is -2.43. The maximum atomic E-state index is 12.7. The summed E-state index contributed by atoms with van der Waals surface area (Å²) in [6.07, 6.45) is 6.66. The molecule has 5 nitrogen and oxygen atoms in total. The molecule has 4 rings (SSSR count). The summed E-state index contributed by atoms with van der Waals surface area (Å²) in [5.41, 5.74) is -0.920. The lowest BCUT2D eigenvalue weighted by molar-refractivity contribution is -0.0554. The number of aromatic nitrogens is 2. The quantitative estimate of drug-likeness (QED) is 0.923. The highest BCUT2D eigenvalue weighted by Gasteiger charge is 2.51. The van der Waals surface area contributed by atoms with Gasteiger partial charge in [0.2, 0.25) is 0 Å². The van der Waals surface area contributed by atoms with E-state index in [0.717, 1.165) is 17.7 Å². The summed E-state index contributed by atoms with van der Waals surface area (Å²) in [6, 6.07) is 4.00. The van der Waals surface area contributed by atoms with Crippen LogP contribution in [0.25, 0.3) is 0 Å². The fraction of sp³-hybridized carbons (Fsp3) is 0.500. The van der Waals surface area contributed by atoms with Crippen LogP contribution in [0.15, 0.2) is 29.9 Å². The van der Waals surface area contributed by atoms with Crippen molar-refractivity contribution >= 4 is 17.2 Å². The predicted molar refractivity (Wildman–Crippen MR) is 83.6 cm³/mol. The third-order valence-corrected chi connectivity index (χ3v) is 5.83. The van der Waals surface area contributed by atoms with Crippen molar-refractivity contribution in [3.8, 4) is 0 Å². The van der Waals surface area contributed by atoms with Gasteiger partial charge in [0.15, 0.2) is 0 Å². The minimum Gasteiger partial charge on any atom is -0.382 e. The number of imidazole rings is 1. The summed E-state index contributed by atoms with van der Waals surface area (Å²) in [5, 5.41) is 13.0. The Hall–Kier alpha value is -1.66. The fourth-order valence-corrected chi connectivity index (χ4v) is 4.75. The predicted octanol–water partition coefficient (Wildman–Crippen LogP) is 2.14.